The Bertz CT molecular complexity index is 1160. The third kappa shape index (κ3) is 4.38. The van der Waals surface area contributed by atoms with Gasteiger partial charge in [0.15, 0.2) is 5.13 Å². The van der Waals surface area contributed by atoms with Crippen molar-refractivity contribution in [2.75, 3.05) is 24.2 Å². The van der Waals surface area contributed by atoms with Crippen LogP contribution in [0.3, 0.4) is 0 Å². The van der Waals surface area contributed by atoms with Crippen LogP contribution in [0.2, 0.25) is 0 Å². The van der Waals surface area contributed by atoms with Gasteiger partial charge < -0.3 is 0 Å². The van der Waals surface area contributed by atoms with E-state index in [-0.39, 0.29) is 12.5 Å². The van der Waals surface area contributed by atoms with Gasteiger partial charge in [0.1, 0.15) is 0 Å². The van der Waals surface area contributed by atoms with Crippen LogP contribution in [0.25, 0.3) is 10.2 Å². The first kappa shape index (κ1) is 20.9. The summed E-state index contributed by atoms with van der Waals surface area (Å²) in [4.78, 5) is 24.4. The van der Waals surface area contributed by atoms with Crippen molar-refractivity contribution in [3.63, 3.8) is 0 Å². The molecule has 2 aromatic heterocycles. The molecule has 1 amide bonds. The number of nitrogens with zero attached hydrogens (tertiary/aromatic N) is 4. The molecule has 158 valence electrons. The molecule has 1 saturated heterocycles. The number of aromatic nitrogens is 2. The maximum Gasteiger partial charge on any atom is 0.233 e. The second-order valence-corrected chi connectivity index (χ2v) is 10.6. The van der Waals surface area contributed by atoms with E-state index in [4.69, 9.17) is 4.98 Å². The highest BCUT2D eigenvalue weighted by Gasteiger charge is 2.34. The molecule has 0 spiro atoms. The second-order valence-electron chi connectivity index (χ2n) is 7.62. The molecular weight excluding hydrogens is 420 g/mol. The molecule has 1 fully saturated rings. The molecule has 7 nitrogen and oxygen atoms in total. The minimum Gasteiger partial charge on any atom is -0.282 e. The van der Waals surface area contributed by atoms with E-state index in [1.165, 1.54) is 21.9 Å². The number of carbonyl (C=O) groups excluding carboxylic acids is 1. The van der Waals surface area contributed by atoms with Crippen LogP contribution >= 0.6 is 11.3 Å². The van der Waals surface area contributed by atoms with Gasteiger partial charge in [-0.15, -0.1) is 0 Å². The largest absolute Gasteiger partial charge is 0.282 e. The monoisotopic (exact) mass is 444 g/mol. The van der Waals surface area contributed by atoms with Gasteiger partial charge in [-0.25, -0.2) is 17.7 Å². The minimum atomic E-state index is -3.33. The summed E-state index contributed by atoms with van der Waals surface area (Å²) in [5.41, 5.74) is 2.71. The molecule has 1 unspecified atom stereocenters. The molecule has 1 atom stereocenters. The molecule has 3 heterocycles. The number of aryl methyl sites for hydroxylation is 1. The SMILES string of the molecule is Cc1cccc2sc(N(Cc3ccccn3)C(=O)C3CCCN(S(C)(=O)=O)C3)nc12. The highest BCUT2D eigenvalue weighted by atomic mass is 32.2. The number of anilines is 1. The van der Waals surface area contributed by atoms with Gasteiger partial charge in [-0.05, 0) is 43.5 Å². The molecule has 0 radical (unpaired) electrons. The number of carbonyl (C=O) groups is 1. The topological polar surface area (TPSA) is 83.5 Å². The van der Waals surface area contributed by atoms with Gasteiger partial charge in [-0.2, -0.15) is 0 Å². The summed E-state index contributed by atoms with van der Waals surface area (Å²) < 4.78 is 26.5. The molecule has 1 aliphatic rings. The number of para-hydroxylation sites is 1. The van der Waals surface area contributed by atoms with Crippen LogP contribution in [0.1, 0.15) is 24.1 Å². The fourth-order valence-corrected chi connectivity index (χ4v) is 5.71. The van der Waals surface area contributed by atoms with Crippen molar-refractivity contribution >= 4 is 42.6 Å². The summed E-state index contributed by atoms with van der Waals surface area (Å²) in [5.74, 6) is -0.504. The third-order valence-corrected chi connectivity index (χ3v) is 7.67. The van der Waals surface area contributed by atoms with Gasteiger partial charge in [0, 0.05) is 19.3 Å². The number of benzene rings is 1. The summed E-state index contributed by atoms with van der Waals surface area (Å²) in [7, 11) is -3.33. The summed E-state index contributed by atoms with van der Waals surface area (Å²) in [6, 6.07) is 11.6. The van der Waals surface area contributed by atoms with E-state index in [0.717, 1.165) is 21.5 Å². The predicted molar refractivity (Wildman–Crippen MR) is 119 cm³/mol. The van der Waals surface area contributed by atoms with E-state index in [0.29, 0.717) is 31.1 Å². The predicted octanol–water partition coefficient (Wildman–Crippen LogP) is 3.20. The van der Waals surface area contributed by atoms with Gasteiger partial charge in [-0.1, -0.05) is 29.5 Å². The number of pyridine rings is 1. The Kier molecular flexibility index (Phi) is 5.86. The summed E-state index contributed by atoms with van der Waals surface area (Å²) in [5, 5.41) is 0.617. The van der Waals surface area contributed by atoms with Gasteiger partial charge in [-0.3, -0.25) is 14.7 Å². The number of thiazole rings is 1. The van der Waals surface area contributed by atoms with Crippen molar-refractivity contribution in [2.45, 2.75) is 26.3 Å². The molecular formula is C21H24N4O3S2. The van der Waals surface area contributed by atoms with Crippen molar-refractivity contribution < 1.29 is 13.2 Å². The van der Waals surface area contributed by atoms with Gasteiger partial charge in [0.2, 0.25) is 15.9 Å². The normalized spacial score (nSPS) is 17.9. The number of amides is 1. The van der Waals surface area contributed by atoms with Crippen molar-refractivity contribution in [1.82, 2.24) is 14.3 Å². The number of fused-ring (bicyclic) bond motifs is 1. The number of hydrogen-bond donors (Lipinski definition) is 0. The molecule has 3 aromatic rings. The zero-order valence-electron chi connectivity index (χ0n) is 17.0. The number of sulfonamides is 1. The first-order valence-electron chi connectivity index (χ1n) is 9.85. The summed E-state index contributed by atoms with van der Waals surface area (Å²) >= 11 is 1.47. The molecule has 0 saturated carbocycles. The fourth-order valence-electron chi connectivity index (χ4n) is 3.75. The summed E-state index contributed by atoms with van der Waals surface area (Å²) in [6.45, 7) is 2.97. The highest BCUT2D eigenvalue weighted by Crippen LogP contribution is 2.33. The summed E-state index contributed by atoms with van der Waals surface area (Å²) in [6.07, 6.45) is 4.22. The molecule has 4 rings (SSSR count). The van der Waals surface area contributed by atoms with Crippen molar-refractivity contribution in [2.24, 2.45) is 5.92 Å². The third-order valence-electron chi connectivity index (χ3n) is 5.36. The van der Waals surface area contributed by atoms with Crippen LogP contribution in [0.4, 0.5) is 5.13 Å². The lowest BCUT2D eigenvalue weighted by Crippen LogP contribution is -2.46. The lowest BCUT2D eigenvalue weighted by Gasteiger charge is -2.32. The first-order chi connectivity index (χ1) is 14.3. The first-order valence-corrected chi connectivity index (χ1v) is 12.5. The van der Waals surface area contributed by atoms with Crippen LogP contribution in [0, 0.1) is 12.8 Å². The van der Waals surface area contributed by atoms with Crippen molar-refractivity contribution in [1.29, 1.82) is 0 Å². The van der Waals surface area contributed by atoms with E-state index in [9.17, 15) is 13.2 Å². The lowest BCUT2D eigenvalue weighted by atomic mass is 9.98. The molecule has 30 heavy (non-hydrogen) atoms. The average Bonchev–Trinajstić information content (AvgIpc) is 3.17. The van der Waals surface area contributed by atoms with Crippen LogP contribution < -0.4 is 4.90 Å². The smallest absolute Gasteiger partial charge is 0.233 e. The van der Waals surface area contributed by atoms with E-state index >= 15 is 0 Å². The zero-order valence-corrected chi connectivity index (χ0v) is 18.6. The Morgan fingerprint density at radius 2 is 2.10 bits per heavy atom. The van der Waals surface area contributed by atoms with Gasteiger partial charge >= 0.3 is 0 Å². The Morgan fingerprint density at radius 1 is 1.27 bits per heavy atom. The molecule has 1 aromatic carbocycles. The van der Waals surface area contributed by atoms with Crippen molar-refractivity contribution in [3.05, 3.63) is 53.9 Å². The lowest BCUT2D eigenvalue weighted by molar-refractivity contribution is -0.123. The quantitative estimate of drug-likeness (QED) is 0.603. The maximum atomic E-state index is 13.6. The zero-order chi connectivity index (χ0) is 21.3. The van der Waals surface area contributed by atoms with Crippen LogP contribution in [-0.2, 0) is 21.4 Å². The number of hydrogen-bond acceptors (Lipinski definition) is 6. The molecule has 0 N–H and O–H groups in total. The molecule has 9 heteroatoms. The standard InChI is InChI=1S/C21H24N4O3S2/c1-15-7-5-10-18-19(15)23-21(29-18)25(14-17-9-3-4-11-22-17)20(26)16-8-6-12-24(13-16)30(2,27)28/h3-5,7,9-11,16H,6,8,12-14H2,1-2H3. The second kappa shape index (κ2) is 8.41. The average molecular weight is 445 g/mol. The van der Waals surface area contributed by atoms with Crippen LogP contribution in [-0.4, -0.2) is 47.9 Å². The van der Waals surface area contributed by atoms with E-state index < -0.39 is 15.9 Å². The van der Waals surface area contributed by atoms with E-state index in [2.05, 4.69) is 4.98 Å². The fraction of sp³-hybridized carbons (Fsp3) is 0.381. The Balaban J connectivity index is 1.69. The minimum absolute atomic E-state index is 0.106. The van der Waals surface area contributed by atoms with E-state index in [1.54, 1.807) is 11.1 Å². The Labute approximate surface area is 180 Å². The van der Waals surface area contributed by atoms with Gasteiger partial charge in [0.05, 0.1) is 34.6 Å². The number of piperidine rings is 1. The Morgan fingerprint density at radius 3 is 2.80 bits per heavy atom. The van der Waals surface area contributed by atoms with Crippen molar-refractivity contribution in [3.8, 4) is 0 Å². The maximum absolute atomic E-state index is 13.6. The van der Waals surface area contributed by atoms with E-state index in [1.807, 2.05) is 43.3 Å². The molecule has 1 aliphatic heterocycles. The molecule has 0 aliphatic carbocycles. The van der Waals surface area contributed by atoms with Crippen LogP contribution in [0.15, 0.2) is 42.6 Å². The highest BCUT2D eigenvalue weighted by molar-refractivity contribution is 7.88. The Hall–Kier alpha value is -2.36. The van der Waals surface area contributed by atoms with Crippen LogP contribution in [0.5, 0.6) is 0 Å². The molecule has 0 bridgehead atoms. The van der Waals surface area contributed by atoms with Gasteiger partial charge in [0.25, 0.3) is 0 Å². The number of rotatable bonds is 5.